The number of aromatic nitrogens is 3. The van der Waals surface area contributed by atoms with E-state index < -0.39 is 0 Å². The lowest BCUT2D eigenvalue weighted by Gasteiger charge is -2.27. The lowest BCUT2D eigenvalue weighted by atomic mass is 9.93. The fourth-order valence-electron chi connectivity index (χ4n) is 3.78. The highest BCUT2D eigenvalue weighted by Gasteiger charge is 2.23. The summed E-state index contributed by atoms with van der Waals surface area (Å²) >= 11 is 1.58. The highest BCUT2D eigenvalue weighted by Crippen LogP contribution is 2.33. The van der Waals surface area contributed by atoms with Crippen LogP contribution >= 0.6 is 11.3 Å². The number of nitrogens with one attached hydrogen (secondary N) is 1. The van der Waals surface area contributed by atoms with Crippen LogP contribution in [0.25, 0.3) is 21.3 Å². The molecule has 5 rings (SSSR count). The zero-order valence-electron chi connectivity index (χ0n) is 16.4. The number of hydrogen-bond acceptors (Lipinski definition) is 7. The summed E-state index contributed by atoms with van der Waals surface area (Å²) in [4.78, 5) is 13.0. The van der Waals surface area contributed by atoms with Gasteiger partial charge in [0.2, 0.25) is 0 Å². The van der Waals surface area contributed by atoms with E-state index in [9.17, 15) is 5.11 Å². The molecule has 1 aliphatic carbocycles. The minimum atomic E-state index is -0.301. The van der Waals surface area contributed by atoms with Crippen LogP contribution in [0.4, 0.5) is 5.13 Å². The van der Waals surface area contributed by atoms with Crippen molar-refractivity contribution >= 4 is 26.7 Å². The molecule has 1 aliphatic rings. The summed E-state index contributed by atoms with van der Waals surface area (Å²) in [7, 11) is 0. The Hall–Kier alpha value is -3.03. The quantitative estimate of drug-likeness (QED) is 0.460. The van der Waals surface area contributed by atoms with Gasteiger partial charge in [-0.2, -0.15) is 0 Å². The molecule has 3 aromatic heterocycles. The summed E-state index contributed by atoms with van der Waals surface area (Å²) in [6, 6.07) is 11.8. The highest BCUT2D eigenvalue weighted by atomic mass is 32.1. The summed E-state index contributed by atoms with van der Waals surface area (Å²) in [6.07, 6.45) is 10.8. The van der Waals surface area contributed by atoms with Gasteiger partial charge in [-0.3, -0.25) is 9.97 Å². The van der Waals surface area contributed by atoms with Crippen molar-refractivity contribution in [2.24, 2.45) is 0 Å². The highest BCUT2D eigenvalue weighted by molar-refractivity contribution is 7.22. The molecule has 0 amide bonds. The molecule has 0 aliphatic heterocycles. The van der Waals surface area contributed by atoms with Gasteiger partial charge in [0, 0.05) is 30.2 Å². The first-order valence-electron chi connectivity index (χ1n) is 10.1. The van der Waals surface area contributed by atoms with Crippen molar-refractivity contribution in [3.8, 4) is 22.6 Å². The average molecular weight is 419 g/mol. The van der Waals surface area contributed by atoms with Gasteiger partial charge < -0.3 is 15.2 Å². The second-order valence-corrected chi connectivity index (χ2v) is 8.53. The summed E-state index contributed by atoms with van der Waals surface area (Å²) in [5.41, 5.74) is 2.94. The molecule has 1 fully saturated rings. The van der Waals surface area contributed by atoms with E-state index in [0.717, 1.165) is 57.9 Å². The maximum Gasteiger partial charge on any atom is 0.184 e. The van der Waals surface area contributed by atoms with Crippen LogP contribution in [0.5, 0.6) is 11.5 Å². The van der Waals surface area contributed by atoms with Crippen molar-refractivity contribution < 1.29 is 9.84 Å². The minimum absolute atomic E-state index is 0.0806. The third kappa shape index (κ3) is 4.13. The Kier molecular flexibility index (Phi) is 5.29. The largest absolute Gasteiger partial charge is 0.456 e. The summed E-state index contributed by atoms with van der Waals surface area (Å²) in [5, 5.41) is 14.5. The van der Waals surface area contributed by atoms with Gasteiger partial charge in [0.05, 0.1) is 28.6 Å². The molecule has 30 heavy (non-hydrogen) atoms. The number of benzene rings is 1. The number of pyridine rings is 2. The Morgan fingerprint density at radius 3 is 2.67 bits per heavy atom. The molecular formula is C23H22N4O2S. The Morgan fingerprint density at radius 1 is 0.933 bits per heavy atom. The third-order valence-corrected chi connectivity index (χ3v) is 6.31. The SMILES string of the molecule is O[C@@H]1CCCC[C@H]1Nc1nc2ccc(Oc3cncc(-c4ccncc4)c3)cc2s1. The van der Waals surface area contributed by atoms with Gasteiger partial charge in [0.25, 0.3) is 0 Å². The molecule has 4 aromatic rings. The number of nitrogens with zero attached hydrogens (tertiary/aromatic N) is 3. The smallest absolute Gasteiger partial charge is 0.184 e. The lowest BCUT2D eigenvalue weighted by Crippen LogP contribution is -2.36. The van der Waals surface area contributed by atoms with Gasteiger partial charge >= 0.3 is 0 Å². The van der Waals surface area contributed by atoms with Gasteiger partial charge in [-0.05, 0) is 48.7 Å². The monoisotopic (exact) mass is 418 g/mol. The van der Waals surface area contributed by atoms with Crippen molar-refractivity contribution in [3.63, 3.8) is 0 Å². The number of anilines is 1. The number of rotatable bonds is 5. The van der Waals surface area contributed by atoms with E-state index in [1.165, 1.54) is 0 Å². The van der Waals surface area contributed by atoms with Gasteiger partial charge in [0.15, 0.2) is 5.13 Å². The molecule has 152 valence electrons. The Balaban J connectivity index is 1.34. The summed E-state index contributed by atoms with van der Waals surface area (Å²) in [6.45, 7) is 0. The fraction of sp³-hybridized carbons (Fsp3) is 0.261. The number of aliphatic hydroxyl groups excluding tert-OH is 1. The molecule has 0 radical (unpaired) electrons. The summed E-state index contributed by atoms with van der Waals surface area (Å²) < 4.78 is 7.11. The van der Waals surface area contributed by atoms with E-state index >= 15 is 0 Å². The molecule has 1 saturated carbocycles. The Bertz CT molecular complexity index is 1150. The van der Waals surface area contributed by atoms with Crippen LogP contribution in [-0.4, -0.2) is 32.2 Å². The zero-order valence-corrected chi connectivity index (χ0v) is 17.2. The van der Waals surface area contributed by atoms with Crippen LogP contribution in [0.2, 0.25) is 0 Å². The molecular weight excluding hydrogens is 396 g/mol. The lowest BCUT2D eigenvalue weighted by molar-refractivity contribution is 0.116. The van der Waals surface area contributed by atoms with Crippen molar-refractivity contribution in [2.45, 2.75) is 37.8 Å². The normalized spacial score (nSPS) is 19.0. The first-order valence-corrected chi connectivity index (χ1v) is 10.9. The van der Waals surface area contributed by atoms with Crippen LogP contribution in [0.1, 0.15) is 25.7 Å². The van der Waals surface area contributed by atoms with E-state index in [-0.39, 0.29) is 12.1 Å². The maximum absolute atomic E-state index is 10.2. The van der Waals surface area contributed by atoms with E-state index in [1.54, 1.807) is 29.9 Å². The maximum atomic E-state index is 10.2. The van der Waals surface area contributed by atoms with E-state index in [2.05, 4.69) is 20.3 Å². The van der Waals surface area contributed by atoms with E-state index in [1.807, 2.05) is 42.6 Å². The topological polar surface area (TPSA) is 80.2 Å². The molecule has 0 spiro atoms. The first-order chi connectivity index (χ1) is 14.7. The van der Waals surface area contributed by atoms with E-state index in [0.29, 0.717) is 5.75 Å². The van der Waals surface area contributed by atoms with Crippen molar-refractivity contribution in [2.75, 3.05) is 5.32 Å². The van der Waals surface area contributed by atoms with Gasteiger partial charge in [0.1, 0.15) is 11.5 Å². The fourth-order valence-corrected chi connectivity index (χ4v) is 4.74. The summed E-state index contributed by atoms with van der Waals surface area (Å²) in [5.74, 6) is 1.42. The predicted octanol–water partition coefficient (Wildman–Crippen LogP) is 5.26. The number of aliphatic hydroxyl groups is 1. The Morgan fingerprint density at radius 2 is 1.80 bits per heavy atom. The van der Waals surface area contributed by atoms with Crippen LogP contribution in [0.15, 0.2) is 61.2 Å². The molecule has 2 N–H and O–H groups in total. The van der Waals surface area contributed by atoms with Crippen LogP contribution in [0, 0.1) is 0 Å². The number of fused-ring (bicyclic) bond motifs is 1. The van der Waals surface area contributed by atoms with Crippen molar-refractivity contribution in [1.82, 2.24) is 15.0 Å². The van der Waals surface area contributed by atoms with Crippen LogP contribution < -0.4 is 10.1 Å². The number of ether oxygens (including phenoxy) is 1. The number of thiazole rings is 1. The molecule has 6 nitrogen and oxygen atoms in total. The van der Waals surface area contributed by atoms with Crippen molar-refractivity contribution in [1.29, 1.82) is 0 Å². The third-order valence-electron chi connectivity index (χ3n) is 5.36. The first kappa shape index (κ1) is 19.0. The van der Waals surface area contributed by atoms with Crippen LogP contribution in [-0.2, 0) is 0 Å². The molecule has 0 saturated heterocycles. The molecule has 3 heterocycles. The predicted molar refractivity (Wildman–Crippen MR) is 119 cm³/mol. The molecule has 0 unspecified atom stereocenters. The van der Waals surface area contributed by atoms with E-state index in [4.69, 9.17) is 4.74 Å². The number of hydrogen-bond donors (Lipinski definition) is 2. The second kappa shape index (κ2) is 8.38. The molecule has 1 aromatic carbocycles. The molecule has 7 heteroatoms. The second-order valence-electron chi connectivity index (χ2n) is 7.50. The van der Waals surface area contributed by atoms with Crippen molar-refractivity contribution in [3.05, 3.63) is 61.2 Å². The van der Waals surface area contributed by atoms with Gasteiger partial charge in [-0.25, -0.2) is 4.98 Å². The Labute approximate surface area is 178 Å². The van der Waals surface area contributed by atoms with Crippen LogP contribution in [0.3, 0.4) is 0 Å². The van der Waals surface area contributed by atoms with Gasteiger partial charge in [-0.15, -0.1) is 0 Å². The average Bonchev–Trinajstić information content (AvgIpc) is 3.18. The van der Waals surface area contributed by atoms with Gasteiger partial charge in [-0.1, -0.05) is 24.2 Å². The molecule has 0 bridgehead atoms. The minimum Gasteiger partial charge on any atom is -0.456 e. The standard InChI is InChI=1S/C23H22N4O2S/c28-21-4-2-1-3-19(21)26-23-27-20-6-5-17(12-22(20)30-23)29-18-11-16(13-25-14-18)15-7-9-24-10-8-15/h5-14,19,21,28H,1-4H2,(H,26,27)/t19-,21-/m1/s1. The zero-order chi connectivity index (χ0) is 20.3. The molecule has 2 atom stereocenters.